The zero-order valence-corrected chi connectivity index (χ0v) is 12.3. The van der Waals surface area contributed by atoms with Crippen molar-refractivity contribution in [2.75, 3.05) is 0 Å². The lowest BCUT2D eigenvalue weighted by Gasteiger charge is -2.19. The van der Waals surface area contributed by atoms with Gasteiger partial charge < -0.3 is 0 Å². The van der Waals surface area contributed by atoms with Crippen LogP contribution in [0.4, 0.5) is 0 Å². The summed E-state index contributed by atoms with van der Waals surface area (Å²) < 4.78 is 0. The molecule has 2 aromatic heterocycles. The molecule has 4 rings (SSSR count). The highest BCUT2D eigenvalue weighted by Crippen LogP contribution is 2.37. The molecule has 0 saturated heterocycles. The first-order chi connectivity index (χ1) is 9.88. The minimum atomic E-state index is 0.567. The summed E-state index contributed by atoms with van der Waals surface area (Å²) in [6.45, 7) is 0.664. The molecular formula is C14H19N5S. The van der Waals surface area contributed by atoms with Gasteiger partial charge in [0.2, 0.25) is 0 Å². The Bertz CT molecular complexity index is 580. The van der Waals surface area contributed by atoms with Crippen molar-refractivity contribution in [2.24, 2.45) is 0 Å². The highest BCUT2D eigenvalue weighted by molar-refractivity contribution is 7.09. The third kappa shape index (κ3) is 2.61. The van der Waals surface area contributed by atoms with Gasteiger partial charge in [0.05, 0.1) is 5.69 Å². The quantitative estimate of drug-likeness (QED) is 0.868. The maximum Gasteiger partial charge on any atom is 0.177 e. The van der Waals surface area contributed by atoms with Crippen molar-refractivity contribution < 1.29 is 0 Å². The summed E-state index contributed by atoms with van der Waals surface area (Å²) in [7, 11) is 0. The average Bonchev–Trinajstić information content (AvgIpc) is 3.06. The average molecular weight is 289 g/mol. The summed E-state index contributed by atoms with van der Waals surface area (Å²) in [6.07, 6.45) is 9.14. The van der Waals surface area contributed by atoms with Crippen LogP contribution in [0.15, 0.2) is 5.38 Å². The van der Waals surface area contributed by atoms with Gasteiger partial charge >= 0.3 is 0 Å². The molecule has 0 radical (unpaired) electrons. The minimum Gasteiger partial charge on any atom is -0.244 e. The normalized spacial score (nSPS) is 20.4. The molecule has 0 spiro atoms. The van der Waals surface area contributed by atoms with Gasteiger partial charge in [0.25, 0.3) is 0 Å². The standard InChI is InChI=1S/C14H19N5S/c1-2-4-10(5-3-1)12-9-20-13(15-12)8-19-17-14(16-18-19)11-6-7-11/h9-11H,1-8H2. The number of tetrazole rings is 1. The molecule has 2 aliphatic carbocycles. The maximum atomic E-state index is 4.79. The Morgan fingerprint density at radius 3 is 2.75 bits per heavy atom. The second-order valence-corrected chi connectivity index (χ2v) is 6.90. The van der Waals surface area contributed by atoms with Crippen LogP contribution in [0, 0.1) is 0 Å². The van der Waals surface area contributed by atoms with E-state index in [4.69, 9.17) is 4.98 Å². The zero-order valence-electron chi connectivity index (χ0n) is 11.5. The van der Waals surface area contributed by atoms with E-state index in [1.54, 1.807) is 16.1 Å². The lowest BCUT2D eigenvalue weighted by atomic mass is 9.87. The molecule has 0 atom stereocenters. The first-order valence-electron chi connectivity index (χ1n) is 7.60. The topological polar surface area (TPSA) is 56.5 Å². The van der Waals surface area contributed by atoms with E-state index in [0.29, 0.717) is 18.4 Å². The van der Waals surface area contributed by atoms with Crippen LogP contribution in [0.1, 0.15) is 73.3 Å². The number of nitrogens with zero attached hydrogens (tertiary/aromatic N) is 5. The van der Waals surface area contributed by atoms with Crippen LogP contribution in [0.3, 0.4) is 0 Å². The molecule has 6 heteroatoms. The Morgan fingerprint density at radius 2 is 1.95 bits per heavy atom. The lowest BCUT2D eigenvalue weighted by Crippen LogP contribution is -2.07. The first-order valence-corrected chi connectivity index (χ1v) is 8.48. The second-order valence-electron chi connectivity index (χ2n) is 5.95. The van der Waals surface area contributed by atoms with Crippen LogP contribution in [0.25, 0.3) is 0 Å². The molecule has 2 saturated carbocycles. The van der Waals surface area contributed by atoms with Gasteiger partial charge in [-0.2, -0.15) is 4.80 Å². The molecule has 2 aromatic rings. The fourth-order valence-electron chi connectivity index (χ4n) is 2.93. The van der Waals surface area contributed by atoms with Gasteiger partial charge in [0.15, 0.2) is 5.82 Å². The van der Waals surface area contributed by atoms with E-state index in [1.807, 2.05) is 0 Å². The van der Waals surface area contributed by atoms with Crippen molar-refractivity contribution in [1.29, 1.82) is 0 Å². The number of aromatic nitrogens is 5. The third-order valence-corrected chi connectivity index (χ3v) is 5.13. The Balaban J connectivity index is 1.44. The van der Waals surface area contributed by atoms with Crippen LogP contribution >= 0.6 is 11.3 Å². The number of rotatable bonds is 4. The van der Waals surface area contributed by atoms with Crippen LogP contribution < -0.4 is 0 Å². The lowest BCUT2D eigenvalue weighted by molar-refractivity contribution is 0.437. The largest absolute Gasteiger partial charge is 0.244 e. The first kappa shape index (κ1) is 12.4. The molecular weight excluding hydrogens is 270 g/mol. The van der Waals surface area contributed by atoms with E-state index in [-0.39, 0.29) is 0 Å². The van der Waals surface area contributed by atoms with Gasteiger partial charge in [-0.1, -0.05) is 19.3 Å². The van der Waals surface area contributed by atoms with Gasteiger partial charge in [-0.05, 0) is 30.9 Å². The van der Waals surface area contributed by atoms with E-state index in [9.17, 15) is 0 Å². The van der Waals surface area contributed by atoms with E-state index in [0.717, 1.165) is 10.8 Å². The number of hydrogen-bond donors (Lipinski definition) is 0. The molecule has 2 fully saturated rings. The van der Waals surface area contributed by atoms with Crippen molar-refractivity contribution in [3.8, 4) is 0 Å². The van der Waals surface area contributed by atoms with Gasteiger partial charge in [-0.15, -0.1) is 21.5 Å². The Labute approximate surface area is 122 Å². The predicted molar refractivity (Wildman–Crippen MR) is 76.8 cm³/mol. The Kier molecular flexibility index (Phi) is 3.26. The van der Waals surface area contributed by atoms with Crippen molar-refractivity contribution >= 4 is 11.3 Å². The van der Waals surface area contributed by atoms with Gasteiger partial charge in [0.1, 0.15) is 11.6 Å². The smallest absolute Gasteiger partial charge is 0.177 e. The van der Waals surface area contributed by atoms with E-state index in [1.165, 1.54) is 50.6 Å². The summed E-state index contributed by atoms with van der Waals surface area (Å²) in [5, 5.41) is 16.0. The van der Waals surface area contributed by atoms with E-state index < -0.39 is 0 Å². The fourth-order valence-corrected chi connectivity index (χ4v) is 3.78. The Morgan fingerprint density at radius 1 is 1.10 bits per heavy atom. The van der Waals surface area contributed by atoms with Crippen molar-refractivity contribution in [1.82, 2.24) is 25.2 Å². The van der Waals surface area contributed by atoms with Gasteiger partial charge in [-0.3, -0.25) is 0 Å². The SMILES string of the molecule is c1sc(Cn2nnc(C3CC3)n2)nc1C1CCCCC1. The number of hydrogen-bond acceptors (Lipinski definition) is 5. The number of thiazole rings is 1. The highest BCUT2D eigenvalue weighted by atomic mass is 32.1. The van der Waals surface area contributed by atoms with Crippen LogP contribution in [0.5, 0.6) is 0 Å². The molecule has 106 valence electrons. The van der Waals surface area contributed by atoms with Crippen molar-refractivity contribution in [2.45, 2.75) is 63.3 Å². The van der Waals surface area contributed by atoms with Crippen LogP contribution in [0.2, 0.25) is 0 Å². The van der Waals surface area contributed by atoms with Gasteiger partial charge in [0, 0.05) is 17.2 Å². The zero-order chi connectivity index (χ0) is 13.4. The van der Waals surface area contributed by atoms with E-state index >= 15 is 0 Å². The fraction of sp³-hybridized carbons (Fsp3) is 0.714. The van der Waals surface area contributed by atoms with Crippen LogP contribution in [-0.4, -0.2) is 25.2 Å². The molecule has 2 heterocycles. The molecule has 0 bridgehead atoms. The monoisotopic (exact) mass is 289 g/mol. The van der Waals surface area contributed by atoms with Crippen LogP contribution in [-0.2, 0) is 6.54 Å². The van der Waals surface area contributed by atoms with Crippen molar-refractivity contribution in [3.05, 3.63) is 21.9 Å². The molecule has 0 aromatic carbocycles. The minimum absolute atomic E-state index is 0.567. The third-order valence-electron chi connectivity index (χ3n) is 4.28. The summed E-state index contributed by atoms with van der Waals surface area (Å²) in [4.78, 5) is 6.48. The molecule has 0 aliphatic heterocycles. The summed E-state index contributed by atoms with van der Waals surface area (Å²) in [5.74, 6) is 2.16. The molecule has 0 amide bonds. The Hall–Kier alpha value is -1.30. The highest BCUT2D eigenvalue weighted by Gasteiger charge is 2.28. The molecule has 5 nitrogen and oxygen atoms in total. The maximum absolute atomic E-state index is 4.79. The molecule has 0 N–H and O–H groups in total. The summed E-state index contributed by atoms with van der Waals surface area (Å²) in [5.41, 5.74) is 1.28. The second kappa shape index (κ2) is 5.24. The summed E-state index contributed by atoms with van der Waals surface area (Å²) in [6, 6.07) is 0. The predicted octanol–water partition coefficient (Wildman–Crippen LogP) is 3.10. The molecule has 2 aliphatic rings. The van der Waals surface area contributed by atoms with Gasteiger partial charge in [-0.25, -0.2) is 4.98 Å². The van der Waals surface area contributed by atoms with E-state index in [2.05, 4.69) is 20.8 Å². The summed E-state index contributed by atoms with van der Waals surface area (Å²) >= 11 is 1.73. The molecule has 20 heavy (non-hydrogen) atoms. The van der Waals surface area contributed by atoms with Crippen molar-refractivity contribution in [3.63, 3.8) is 0 Å². The molecule has 0 unspecified atom stereocenters.